The monoisotopic (exact) mass is 420 g/mol. The molecule has 8 nitrogen and oxygen atoms in total. The lowest BCUT2D eigenvalue weighted by Crippen LogP contribution is -2.49. The number of carbonyl (C=O) groups excluding carboxylic acids is 1. The van der Waals surface area contributed by atoms with Gasteiger partial charge >= 0.3 is 0 Å². The predicted octanol–water partition coefficient (Wildman–Crippen LogP) is 1.27. The van der Waals surface area contributed by atoms with Gasteiger partial charge in [0.1, 0.15) is 19.0 Å². The topological polar surface area (TPSA) is 78.5 Å². The highest BCUT2D eigenvalue weighted by Crippen LogP contribution is 2.19. The number of ether oxygens (including phenoxy) is 5. The lowest BCUT2D eigenvalue weighted by Gasteiger charge is -2.34. The minimum Gasteiger partial charge on any atom is -0.491 e. The van der Waals surface area contributed by atoms with Crippen molar-refractivity contribution in [3.8, 4) is 18.1 Å². The fourth-order valence-corrected chi connectivity index (χ4v) is 2.75. The summed E-state index contributed by atoms with van der Waals surface area (Å²) in [5, 5.41) is 2.93. The molecule has 30 heavy (non-hydrogen) atoms. The van der Waals surface area contributed by atoms with Crippen LogP contribution < -0.4 is 10.1 Å². The first kappa shape index (κ1) is 24.1. The van der Waals surface area contributed by atoms with Crippen molar-refractivity contribution < 1.29 is 28.5 Å². The summed E-state index contributed by atoms with van der Waals surface area (Å²) in [6.45, 7) is 5.87. The number of likely N-dealkylation sites (tertiary alicyclic amines) is 1. The second-order valence-electron chi connectivity index (χ2n) is 6.87. The SMILES string of the molecule is C#CCOCCOCCOCCOCCOc1ccc(NC(=O)C2CN(C)C2)cc1. The summed E-state index contributed by atoms with van der Waals surface area (Å²) in [5.41, 5.74) is 0.777. The largest absolute Gasteiger partial charge is 0.491 e. The fraction of sp³-hybridized carbons (Fsp3) is 0.591. The molecule has 0 aromatic heterocycles. The van der Waals surface area contributed by atoms with Crippen LogP contribution in [0.1, 0.15) is 0 Å². The molecule has 0 saturated carbocycles. The number of anilines is 1. The molecule has 1 fully saturated rings. The molecule has 0 unspecified atom stereocenters. The van der Waals surface area contributed by atoms with Crippen LogP contribution >= 0.6 is 0 Å². The Kier molecular flexibility index (Phi) is 11.9. The van der Waals surface area contributed by atoms with Gasteiger partial charge in [0.05, 0.1) is 52.2 Å². The van der Waals surface area contributed by atoms with E-state index in [-0.39, 0.29) is 11.8 Å². The Morgan fingerprint density at radius 3 is 2.03 bits per heavy atom. The molecule has 1 amide bonds. The third-order valence-corrected chi connectivity index (χ3v) is 4.35. The molecular formula is C22H32N2O6. The smallest absolute Gasteiger partial charge is 0.230 e. The number of rotatable bonds is 16. The Labute approximate surface area is 178 Å². The summed E-state index contributed by atoms with van der Waals surface area (Å²) in [7, 11) is 2.00. The third-order valence-electron chi connectivity index (χ3n) is 4.35. The van der Waals surface area contributed by atoms with Gasteiger partial charge in [-0.25, -0.2) is 0 Å². The second-order valence-corrected chi connectivity index (χ2v) is 6.87. The van der Waals surface area contributed by atoms with E-state index in [1.165, 1.54) is 0 Å². The minimum absolute atomic E-state index is 0.0676. The maximum absolute atomic E-state index is 12.0. The van der Waals surface area contributed by atoms with Crippen molar-refractivity contribution in [3.05, 3.63) is 24.3 Å². The van der Waals surface area contributed by atoms with Crippen LogP contribution in [0.5, 0.6) is 5.75 Å². The summed E-state index contributed by atoms with van der Waals surface area (Å²) in [6, 6.07) is 7.35. The molecule has 8 heteroatoms. The zero-order valence-electron chi connectivity index (χ0n) is 17.6. The first-order valence-electron chi connectivity index (χ1n) is 10.2. The fourth-order valence-electron chi connectivity index (χ4n) is 2.75. The van der Waals surface area contributed by atoms with Gasteiger partial charge in [-0.3, -0.25) is 4.79 Å². The minimum atomic E-state index is 0.0676. The molecule has 0 spiro atoms. The van der Waals surface area contributed by atoms with Gasteiger partial charge in [-0.15, -0.1) is 6.42 Å². The highest BCUT2D eigenvalue weighted by atomic mass is 16.6. The van der Waals surface area contributed by atoms with Crippen molar-refractivity contribution in [1.82, 2.24) is 4.90 Å². The Morgan fingerprint density at radius 1 is 0.967 bits per heavy atom. The van der Waals surface area contributed by atoms with E-state index in [1.807, 2.05) is 31.3 Å². The summed E-state index contributed by atoms with van der Waals surface area (Å²) in [4.78, 5) is 14.1. The zero-order chi connectivity index (χ0) is 21.4. The van der Waals surface area contributed by atoms with Gasteiger partial charge in [-0.2, -0.15) is 0 Å². The van der Waals surface area contributed by atoms with Crippen molar-refractivity contribution >= 4 is 11.6 Å². The normalized spacial score (nSPS) is 14.1. The maximum atomic E-state index is 12.0. The molecule has 2 rings (SSSR count). The van der Waals surface area contributed by atoms with Crippen LogP contribution in [-0.2, 0) is 23.7 Å². The van der Waals surface area contributed by atoms with E-state index < -0.39 is 0 Å². The number of carbonyl (C=O) groups is 1. The van der Waals surface area contributed by atoms with Crippen LogP contribution in [0.2, 0.25) is 0 Å². The predicted molar refractivity (Wildman–Crippen MR) is 114 cm³/mol. The molecule has 166 valence electrons. The molecule has 0 bridgehead atoms. The van der Waals surface area contributed by atoms with E-state index in [2.05, 4.69) is 16.1 Å². The quantitative estimate of drug-likeness (QED) is 0.319. The maximum Gasteiger partial charge on any atom is 0.230 e. The number of nitrogens with zero attached hydrogens (tertiary/aromatic N) is 1. The molecule has 1 saturated heterocycles. The van der Waals surface area contributed by atoms with Crippen molar-refractivity contribution in [2.45, 2.75) is 0 Å². The van der Waals surface area contributed by atoms with Crippen LogP contribution in [0.25, 0.3) is 0 Å². The van der Waals surface area contributed by atoms with Gasteiger partial charge in [0, 0.05) is 18.8 Å². The van der Waals surface area contributed by atoms with Gasteiger partial charge in [0.2, 0.25) is 5.91 Å². The molecule has 0 aliphatic carbocycles. The summed E-state index contributed by atoms with van der Waals surface area (Å²) in [6.07, 6.45) is 5.07. The van der Waals surface area contributed by atoms with E-state index in [0.717, 1.165) is 24.5 Å². The van der Waals surface area contributed by atoms with Crippen LogP contribution in [0.3, 0.4) is 0 Å². The number of hydrogen-bond acceptors (Lipinski definition) is 7. The Bertz CT molecular complexity index is 640. The molecule has 1 aliphatic heterocycles. The third kappa shape index (κ3) is 10.1. The number of hydrogen-bond donors (Lipinski definition) is 1. The Morgan fingerprint density at radius 2 is 1.50 bits per heavy atom. The molecular weight excluding hydrogens is 388 g/mol. The molecule has 1 aliphatic rings. The Balaban J connectivity index is 1.40. The van der Waals surface area contributed by atoms with Crippen LogP contribution in [-0.4, -0.2) is 90.4 Å². The van der Waals surface area contributed by atoms with Crippen LogP contribution in [0.15, 0.2) is 24.3 Å². The molecule has 1 aromatic carbocycles. The van der Waals surface area contributed by atoms with Crippen LogP contribution in [0.4, 0.5) is 5.69 Å². The summed E-state index contributed by atoms with van der Waals surface area (Å²) < 4.78 is 26.9. The van der Waals surface area contributed by atoms with E-state index in [4.69, 9.17) is 30.1 Å². The zero-order valence-corrected chi connectivity index (χ0v) is 17.6. The van der Waals surface area contributed by atoms with Gasteiger partial charge < -0.3 is 33.9 Å². The highest BCUT2D eigenvalue weighted by Gasteiger charge is 2.29. The number of nitrogens with one attached hydrogen (secondary N) is 1. The lowest BCUT2D eigenvalue weighted by atomic mass is 10.0. The van der Waals surface area contributed by atoms with E-state index in [9.17, 15) is 4.79 Å². The van der Waals surface area contributed by atoms with Crippen molar-refractivity contribution in [2.75, 3.05) is 84.9 Å². The van der Waals surface area contributed by atoms with E-state index in [0.29, 0.717) is 59.5 Å². The molecule has 1 aromatic rings. The van der Waals surface area contributed by atoms with E-state index in [1.54, 1.807) is 0 Å². The first-order valence-corrected chi connectivity index (χ1v) is 10.2. The summed E-state index contributed by atoms with van der Waals surface area (Å²) in [5.74, 6) is 3.28. The molecule has 1 N–H and O–H groups in total. The van der Waals surface area contributed by atoms with Crippen LogP contribution in [0, 0.1) is 18.3 Å². The summed E-state index contributed by atoms with van der Waals surface area (Å²) >= 11 is 0. The standard InChI is InChI=1S/C22H32N2O6/c1-3-8-26-9-10-27-11-12-28-13-14-29-15-16-30-21-6-4-20(5-7-21)23-22(25)19-17-24(2)18-19/h1,4-7,19H,8-18H2,2H3,(H,23,25). The van der Waals surface area contributed by atoms with Crippen molar-refractivity contribution in [2.24, 2.45) is 5.92 Å². The Hall–Kier alpha value is -2.15. The van der Waals surface area contributed by atoms with Gasteiger partial charge in [-0.05, 0) is 31.3 Å². The number of benzene rings is 1. The van der Waals surface area contributed by atoms with E-state index >= 15 is 0 Å². The average Bonchev–Trinajstić information content (AvgIpc) is 2.73. The van der Waals surface area contributed by atoms with Crippen molar-refractivity contribution in [1.29, 1.82) is 0 Å². The lowest BCUT2D eigenvalue weighted by molar-refractivity contribution is -0.124. The first-order chi connectivity index (χ1) is 14.7. The molecule has 0 radical (unpaired) electrons. The molecule has 1 heterocycles. The molecule has 0 atom stereocenters. The highest BCUT2D eigenvalue weighted by molar-refractivity contribution is 5.93. The van der Waals surface area contributed by atoms with Crippen molar-refractivity contribution in [3.63, 3.8) is 0 Å². The van der Waals surface area contributed by atoms with Gasteiger partial charge in [0.25, 0.3) is 0 Å². The average molecular weight is 421 g/mol. The number of amides is 1. The van der Waals surface area contributed by atoms with Gasteiger partial charge in [0.15, 0.2) is 0 Å². The number of terminal acetylenes is 1. The van der Waals surface area contributed by atoms with Gasteiger partial charge in [-0.1, -0.05) is 5.92 Å². The second kappa shape index (κ2) is 14.8.